The molecule has 0 aromatic carbocycles. The van der Waals surface area contributed by atoms with Crippen molar-refractivity contribution >= 4 is 93.6 Å². The van der Waals surface area contributed by atoms with Crippen molar-refractivity contribution in [1.29, 1.82) is 0 Å². The molecule has 0 aliphatic heterocycles. The lowest BCUT2D eigenvalue weighted by Gasteiger charge is -2.17. The van der Waals surface area contributed by atoms with Gasteiger partial charge in [0.2, 0.25) is 53.2 Å². The molecule has 26 heteroatoms. The van der Waals surface area contributed by atoms with E-state index in [9.17, 15) is 76.7 Å². The summed E-state index contributed by atoms with van der Waals surface area (Å²) < 4.78 is 0. The summed E-state index contributed by atoms with van der Waals surface area (Å²) in [6.45, 7) is 49.7. The van der Waals surface area contributed by atoms with E-state index in [0.29, 0.717) is 143 Å². The average molecular weight is 1570 g/mol. The highest BCUT2D eigenvalue weighted by molar-refractivity contribution is 5.94. The van der Waals surface area contributed by atoms with Crippen molar-refractivity contribution in [2.45, 2.75) is 327 Å². The summed E-state index contributed by atoms with van der Waals surface area (Å²) >= 11 is 0. The van der Waals surface area contributed by atoms with Crippen LogP contribution in [0, 0.1) is 71.0 Å². The van der Waals surface area contributed by atoms with Crippen molar-refractivity contribution in [3.05, 3.63) is 0 Å². The first kappa shape index (κ1) is 116. The van der Waals surface area contributed by atoms with Crippen LogP contribution in [0.2, 0.25) is 0 Å². The fourth-order valence-electron chi connectivity index (χ4n) is 8.91. The van der Waals surface area contributed by atoms with E-state index in [0.717, 1.165) is 32.1 Å². The van der Waals surface area contributed by atoms with E-state index in [1.807, 2.05) is 125 Å². The molecule has 0 aliphatic carbocycles. The normalized spacial score (nSPS) is 11.3. The van der Waals surface area contributed by atoms with Gasteiger partial charge in [-0.25, -0.2) is 0 Å². The summed E-state index contributed by atoms with van der Waals surface area (Å²) in [7, 11) is 0. The second-order valence-corrected chi connectivity index (χ2v) is 33.4. The van der Waals surface area contributed by atoms with E-state index in [4.69, 9.17) is 11.5 Å². The Labute approximate surface area is 665 Å². The topological polar surface area (TPSA) is 421 Å². The standard InChI is InChI=1S/C17H30N2O4.2C14H26N2O3.C13H26N2O2.C13H25NO2.C12H23NO2.CH4/c1-12(2)5-6-14(20)10-18-16(22)8-7-15(21)11-19-17(23)9-13(3)4;1-10(2)7-14(19)16-9-12(17)5-6-13(18)15-8-11(3)4;1-9(2)5-6-12(17)11(8-13(15)18)16-14(19)7-10(3)4;1-9(2)5-6-12(16)11(8-14)15-13(17)7-10(3)4;1-10(2)5-6-12(15)7-8-14-13(16)9-11(3)4;1-9(2)5-6-11(14)8-13-12(15)7-10(3)4;/h12-13H,5-11H2,1-4H3,(H,18,22)(H,19,23);10-11H,5-9H2,1-4H3,(H,15,18)(H,16,19);9-11H,5-8H2,1-4H3,(H2,15,18)(H,16,19);9-11H,5-8,14H2,1-4H3,(H,15,17);10-11H,5-9H2,1-4H3,(H,14,16);9-10H,5-8H2,1-4H3,(H,13,15);1H4. The smallest absolute Gasteiger partial charge is 0.220 e. The Morgan fingerprint density at radius 1 is 0.245 bits per heavy atom. The maximum atomic E-state index is 12.0. The molecule has 0 radical (unpaired) electrons. The molecule has 0 fully saturated rings. The van der Waals surface area contributed by atoms with Crippen LogP contribution in [0.5, 0.6) is 0 Å². The summed E-state index contributed by atoms with van der Waals surface area (Å²) in [6, 6.07) is -1.29. The molecule has 26 nitrogen and oxygen atoms in total. The molecule has 0 rings (SSSR count). The molecule has 2 unspecified atom stereocenters. The van der Waals surface area contributed by atoms with Gasteiger partial charge in [0.05, 0.1) is 44.7 Å². The van der Waals surface area contributed by atoms with Gasteiger partial charge in [-0.15, -0.1) is 0 Å². The zero-order chi connectivity index (χ0) is 85.5. The number of carbonyl (C=O) groups excluding carboxylic acids is 16. The van der Waals surface area contributed by atoms with Crippen molar-refractivity contribution < 1.29 is 76.7 Å². The van der Waals surface area contributed by atoms with Crippen LogP contribution < -0.4 is 54.0 Å². The number of amides is 9. The molecule has 0 heterocycles. The number of hydrogen-bond donors (Lipinski definition) is 10. The molecule has 2 atom stereocenters. The fourth-order valence-corrected chi connectivity index (χ4v) is 8.91. The number of Topliss-reactive ketones (excluding diaryl/α,β-unsaturated/α-hetero) is 7. The van der Waals surface area contributed by atoms with Crippen molar-refractivity contribution in [2.24, 2.45) is 82.5 Å². The van der Waals surface area contributed by atoms with Gasteiger partial charge in [0.15, 0.2) is 34.7 Å². The van der Waals surface area contributed by atoms with Crippen molar-refractivity contribution in [1.82, 2.24) is 42.5 Å². The number of nitrogens with two attached hydrogens (primary N) is 2. The summed E-state index contributed by atoms with van der Waals surface area (Å²) in [5, 5.41) is 21.1. The van der Waals surface area contributed by atoms with Crippen LogP contribution in [-0.2, 0) is 76.7 Å². The molecule has 0 saturated heterocycles. The number of primary amides is 1. The molecule has 12 N–H and O–H groups in total. The van der Waals surface area contributed by atoms with Gasteiger partial charge in [0, 0.05) is 122 Å². The van der Waals surface area contributed by atoms with Crippen LogP contribution in [0.25, 0.3) is 0 Å². The van der Waals surface area contributed by atoms with Crippen LogP contribution >= 0.6 is 0 Å². The predicted molar refractivity (Wildman–Crippen MR) is 442 cm³/mol. The van der Waals surface area contributed by atoms with Crippen molar-refractivity contribution in [2.75, 3.05) is 45.8 Å². The van der Waals surface area contributed by atoms with Gasteiger partial charge in [-0.05, 0) is 103 Å². The molecule has 642 valence electrons. The number of nitrogens with one attached hydrogen (secondary N) is 8. The Morgan fingerprint density at radius 3 is 0.791 bits per heavy atom. The number of rotatable bonds is 53. The molecular formula is C84H160N10O16. The fraction of sp³-hybridized carbons (Fsp3) is 0.810. The molecule has 9 amide bonds. The summed E-state index contributed by atoms with van der Waals surface area (Å²) in [6.07, 6.45) is 10.2. The van der Waals surface area contributed by atoms with E-state index in [-0.39, 0.29) is 178 Å². The zero-order valence-electron chi connectivity index (χ0n) is 72.3. The summed E-state index contributed by atoms with van der Waals surface area (Å²) in [5.74, 6) is 3.02. The average Bonchev–Trinajstić information content (AvgIpc) is 0.909. The van der Waals surface area contributed by atoms with Crippen LogP contribution in [0.1, 0.15) is 315 Å². The lowest BCUT2D eigenvalue weighted by Crippen LogP contribution is -2.46. The number of ketones is 7. The first-order valence-electron chi connectivity index (χ1n) is 40.2. The first-order valence-corrected chi connectivity index (χ1v) is 40.2. The second-order valence-electron chi connectivity index (χ2n) is 33.4. The minimum Gasteiger partial charge on any atom is -0.370 e. The first-order chi connectivity index (χ1) is 50.4. The van der Waals surface area contributed by atoms with Crippen LogP contribution in [0.4, 0.5) is 0 Å². The lowest BCUT2D eigenvalue weighted by molar-refractivity contribution is -0.130. The molecular weight excluding hydrogens is 1400 g/mol. The molecule has 0 bridgehead atoms. The van der Waals surface area contributed by atoms with E-state index in [1.165, 1.54) is 0 Å². The maximum absolute atomic E-state index is 12.0. The third kappa shape index (κ3) is 91.5. The van der Waals surface area contributed by atoms with Gasteiger partial charge in [0.25, 0.3) is 0 Å². The number of hydrogen-bond acceptors (Lipinski definition) is 17. The zero-order valence-corrected chi connectivity index (χ0v) is 72.3. The van der Waals surface area contributed by atoms with Crippen LogP contribution in [0.15, 0.2) is 0 Å². The third-order valence-electron chi connectivity index (χ3n) is 15.2. The van der Waals surface area contributed by atoms with Gasteiger partial charge in [-0.1, -0.05) is 174 Å². The molecule has 0 aromatic heterocycles. The van der Waals surface area contributed by atoms with E-state index < -0.39 is 18.0 Å². The highest BCUT2D eigenvalue weighted by atomic mass is 16.2. The largest absolute Gasteiger partial charge is 0.370 e. The highest BCUT2D eigenvalue weighted by Gasteiger charge is 2.24. The Bertz CT molecular complexity index is 2630. The van der Waals surface area contributed by atoms with Crippen LogP contribution in [-0.4, -0.2) is 152 Å². The molecule has 0 saturated carbocycles. The van der Waals surface area contributed by atoms with Gasteiger partial charge in [0.1, 0.15) is 5.78 Å². The Balaban J connectivity index is -0.000000232. The SMILES string of the molecule is C.CC(C)CCC(=O)C(CC(N)=O)NC(=O)CC(C)C.CC(C)CCC(=O)C(CN)NC(=O)CC(C)C.CC(C)CCC(=O)CCNC(=O)CC(C)C.CC(C)CCC(=O)CNC(=O)CC(C)C.CC(C)CCC(=O)CNC(=O)CCC(=O)CNC(=O)CC(C)C.CC(C)CNC(=O)CCC(=O)CNC(=O)CC(C)C. The Hall–Kier alpha value is -7.12. The second kappa shape index (κ2) is 72.1. The summed E-state index contributed by atoms with van der Waals surface area (Å²) in [5.41, 5.74) is 10.6. The minimum atomic E-state index is -0.775. The monoisotopic (exact) mass is 1570 g/mol. The molecule has 0 aromatic rings. The molecule has 0 aliphatic rings. The van der Waals surface area contributed by atoms with Gasteiger partial charge >= 0.3 is 0 Å². The van der Waals surface area contributed by atoms with Gasteiger partial charge in [-0.3, -0.25) is 76.7 Å². The Kier molecular flexibility index (Phi) is 76.2. The quantitative estimate of drug-likeness (QED) is 0.0270. The minimum absolute atomic E-state index is 0. The van der Waals surface area contributed by atoms with Crippen molar-refractivity contribution in [3.8, 4) is 0 Å². The molecule has 0 spiro atoms. The maximum Gasteiger partial charge on any atom is 0.220 e. The number of carbonyl (C=O) groups is 16. The van der Waals surface area contributed by atoms with E-state index in [1.54, 1.807) is 0 Å². The lowest BCUT2D eigenvalue weighted by atomic mass is 9.99. The van der Waals surface area contributed by atoms with Gasteiger partial charge in [-0.2, -0.15) is 0 Å². The Morgan fingerprint density at radius 2 is 0.500 bits per heavy atom. The highest BCUT2D eigenvalue weighted by Crippen LogP contribution is 2.12. The third-order valence-corrected chi connectivity index (χ3v) is 15.2. The van der Waals surface area contributed by atoms with Crippen LogP contribution in [0.3, 0.4) is 0 Å². The van der Waals surface area contributed by atoms with E-state index in [2.05, 4.69) is 84.1 Å². The van der Waals surface area contributed by atoms with E-state index >= 15 is 0 Å². The van der Waals surface area contributed by atoms with Gasteiger partial charge < -0.3 is 54.0 Å². The summed E-state index contributed by atoms with van der Waals surface area (Å²) in [4.78, 5) is 184. The predicted octanol–water partition coefficient (Wildman–Crippen LogP) is 11.1. The van der Waals surface area contributed by atoms with Crippen molar-refractivity contribution in [3.63, 3.8) is 0 Å². The molecule has 110 heavy (non-hydrogen) atoms.